The van der Waals surface area contributed by atoms with Crippen LogP contribution < -0.4 is 113 Å². The Morgan fingerprint density at radius 3 is 1.44 bits per heavy atom. The summed E-state index contributed by atoms with van der Waals surface area (Å²) >= 11 is 0. The van der Waals surface area contributed by atoms with Gasteiger partial charge >= 0.3 is 103 Å². The fourth-order valence-electron chi connectivity index (χ4n) is 0.510. The first kappa shape index (κ1) is 27.6. The first-order valence-electron chi connectivity index (χ1n) is 4.24. The van der Waals surface area contributed by atoms with E-state index in [1.165, 1.54) is 12.8 Å². The van der Waals surface area contributed by atoms with E-state index >= 15 is 0 Å². The van der Waals surface area contributed by atoms with Gasteiger partial charge < -0.3 is 29.1 Å². The minimum Gasteiger partial charge on any atom is -0.790 e. The van der Waals surface area contributed by atoms with Gasteiger partial charge in [0.1, 0.15) is 0 Å². The van der Waals surface area contributed by atoms with Gasteiger partial charge in [0.25, 0.3) is 0 Å². The minimum atomic E-state index is -5.14. The van der Waals surface area contributed by atoms with E-state index in [0.29, 0.717) is 0 Å². The summed E-state index contributed by atoms with van der Waals surface area (Å²) in [6.07, 6.45) is 2.39. The summed E-state index contributed by atoms with van der Waals surface area (Å²) in [5, 5.41) is 8.06. The average molecular weight is 306 g/mol. The van der Waals surface area contributed by atoms with Crippen LogP contribution in [-0.2, 0) is 9.30 Å². The Kier molecular flexibility index (Phi) is 31.6. The molecule has 0 aromatic heterocycles. The van der Waals surface area contributed by atoms with Crippen LogP contribution in [0.25, 0.3) is 0 Å². The molecule has 1 fully saturated rings. The molecule has 88 valence electrons. The van der Waals surface area contributed by atoms with Crippen molar-refractivity contribution in [2.45, 2.75) is 32.8 Å². The molecule has 0 bridgehead atoms. The number of aliphatic hydroxyl groups excluding tert-OH is 1. The average Bonchev–Trinajstić information content (AvgIpc) is 2.32. The third-order valence-corrected chi connectivity index (χ3v) is 0.827. The molecule has 0 aliphatic carbocycles. The van der Waals surface area contributed by atoms with Crippen LogP contribution in [0.2, 0.25) is 0 Å². The molecule has 0 amide bonds. The van der Waals surface area contributed by atoms with E-state index < -0.39 is 7.82 Å². The van der Waals surface area contributed by atoms with Crippen LogP contribution in [0.15, 0.2) is 0 Å². The molecule has 2 N–H and O–H groups in total. The molecule has 0 unspecified atom stereocenters. The molecular formula is C7H17K2O6P. The van der Waals surface area contributed by atoms with Gasteiger partial charge in [-0.05, 0) is 26.7 Å². The molecule has 1 saturated heterocycles. The second kappa shape index (κ2) is 18.3. The van der Waals surface area contributed by atoms with Crippen molar-refractivity contribution in [2.75, 3.05) is 13.2 Å². The van der Waals surface area contributed by atoms with E-state index in [0.717, 1.165) is 13.2 Å². The molecule has 6 nitrogen and oxygen atoms in total. The number of phosphoric acid groups is 1. The zero-order valence-electron chi connectivity index (χ0n) is 10.4. The summed E-state index contributed by atoms with van der Waals surface area (Å²) in [5.41, 5.74) is 0. The molecule has 1 aliphatic rings. The van der Waals surface area contributed by atoms with Crippen molar-refractivity contribution in [3.05, 3.63) is 0 Å². The number of ether oxygens (including phenoxy) is 1. The Hall–Kier alpha value is 3.30. The van der Waals surface area contributed by atoms with Gasteiger partial charge in [0, 0.05) is 19.3 Å². The van der Waals surface area contributed by atoms with Crippen LogP contribution in [0.5, 0.6) is 0 Å². The van der Waals surface area contributed by atoms with Gasteiger partial charge in [-0.25, -0.2) is 0 Å². The Labute approximate surface area is 182 Å². The second-order valence-electron chi connectivity index (χ2n) is 2.88. The van der Waals surface area contributed by atoms with Gasteiger partial charge in [-0.3, -0.25) is 0 Å². The summed E-state index contributed by atoms with van der Waals surface area (Å²) in [5.74, 6) is 0. The van der Waals surface area contributed by atoms with Crippen molar-refractivity contribution in [3.8, 4) is 0 Å². The SMILES string of the molecule is C1CCOC1.CC(C)O.O=P([O-])([O-])O.[K+].[K+]. The molecule has 0 spiro atoms. The molecule has 1 heterocycles. The summed E-state index contributed by atoms with van der Waals surface area (Å²) in [7, 11) is -5.14. The normalized spacial score (nSPS) is 13.4. The van der Waals surface area contributed by atoms with Crippen LogP contribution in [-0.4, -0.2) is 29.3 Å². The van der Waals surface area contributed by atoms with E-state index in [-0.39, 0.29) is 109 Å². The molecular weight excluding hydrogens is 289 g/mol. The quantitative estimate of drug-likeness (QED) is 0.340. The van der Waals surface area contributed by atoms with Gasteiger partial charge in [0.2, 0.25) is 0 Å². The van der Waals surface area contributed by atoms with Crippen LogP contribution in [0.4, 0.5) is 0 Å². The number of aliphatic hydroxyl groups is 1. The molecule has 0 aromatic rings. The third kappa shape index (κ3) is 66.7. The molecule has 9 heteroatoms. The first-order chi connectivity index (χ1) is 6.23. The molecule has 1 aliphatic heterocycles. The molecule has 0 aromatic carbocycles. The Bertz CT molecular complexity index is 140. The van der Waals surface area contributed by atoms with Crippen molar-refractivity contribution in [1.82, 2.24) is 0 Å². The maximum Gasteiger partial charge on any atom is 1.00 e. The van der Waals surface area contributed by atoms with Gasteiger partial charge in [-0.1, -0.05) is 0 Å². The number of hydrogen-bond acceptors (Lipinski definition) is 5. The standard InChI is InChI=1S/C4H8O.C3H8O.2K.H3O4P/c1-2-4-5-3-1;1-3(2)4;;;1-5(2,3)4/h1-4H2;3-4H,1-2H3;;;(H3,1,2,3,4)/q;;2*+1;/p-2. The van der Waals surface area contributed by atoms with E-state index in [1.807, 2.05) is 0 Å². The Morgan fingerprint density at radius 1 is 1.19 bits per heavy atom. The van der Waals surface area contributed by atoms with Gasteiger partial charge in [0.15, 0.2) is 0 Å². The predicted molar refractivity (Wildman–Crippen MR) is 47.2 cm³/mol. The third-order valence-electron chi connectivity index (χ3n) is 0.827. The molecule has 0 saturated carbocycles. The van der Waals surface area contributed by atoms with Crippen LogP contribution in [0, 0.1) is 0 Å². The van der Waals surface area contributed by atoms with Crippen LogP contribution in [0.1, 0.15) is 26.7 Å². The second-order valence-corrected chi connectivity index (χ2v) is 3.82. The van der Waals surface area contributed by atoms with Crippen molar-refractivity contribution in [1.29, 1.82) is 0 Å². The number of rotatable bonds is 0. The Morgan fingerprint density at radius 2 is 1.38 bits per heavy atom. The van der Waals surface area contributed by atoms with Crippen molar-refractivity contribution >= 4 is 7.82 Å². The smallest absolute Gasteiger partial charge is 0.790 e. The topological polar surface area (TPSA) is 113 Å². The summed E-state index contributed by atoms with van der Waals surface area (Å²) in [6.45, 7) is 5.44. The Balaban J connectivity index is -0.0000000641. The minimum absolute atomic E-state index is 0. The maximum atomic E-state index is 8.66. The molecule has 1 rings (SSSR count). The zero-order valence-corrected chi connectivity index (χ0v) is 17.5. The van der Waals surface area contributed by atoms with Crippen LogP contribution in [0.3, 0.4) is 0 Å². The van der Waals surface area contributed by atoms with Crippen molar-refractivity contribution in [3.63, 3.8) is 0 Å². The van der Waals surface area contributed by atoms with Crippen molar-refractivity contribution in [2.24, 2.45) is 0 Å². The van der Waals surface area contributed by atoms with Crippen LogP contribution >= 0.6 is 7.82 Å². The first-order valence-corrected chi connectivity index (χ1v) is 5.73. The fourth-order valence-corrected chi connectivity index (χ4v) is 0.510. The summed E-state index contributed by atoms with van der Waals surface area (Å²) < 4.78 is 13.6. The van der Waals surface area contributed by atoms with E-state index in [9.17, 15) is 0 Å². The maximum absolute atomic E-state index is 8.66. The predicted octanol–water partition coefficient (Wildman–Crippen LogP) is -7.00. The largest absolute Gasteiger partial charge is 1.00 e. The number of hydrogen-bond donors (Lipinski definition) is 2. The summed E-state index contributed by atoms with van der Waals surface area (Å²) in [6, 6.07) is 0. The monoisotopic (exact) mass is 306 g/mol. The van der Waals surface area contributed by atoms with E-state index in [2.05, 4.69) is 0 Å². The fraction of sp³-hybridized carbons (Fsp3) is 1.00. The van der Waals surface area contributed by atoms with Gasteiger partial charge in [-0.15, -0.1) is 0 Å². The zero-order chi connectivity index (χ0) is 11.6. The molecule has 0 radical (unpaired) electrons. The molecule has 0 atom stereocenters. The van der Waals surface area contributed by atoms with Gasteiger partial charge in [0.05, 0.1) is 7.82 Å². The molecule has 16 heavy (non-hydrogen) atoms. The van der Waals surface area contributed by atoms with E-state index in [4.69, 9.17) is 29.1 Å². The van der Waals surface area contributed by atoms with Gasteiger partial charge in [-0.2, -0.15) is 0 Å². The van der Waals surface area contributed by atoms with E-state index in [1.54, 1.807) is 13.8 Å². The summed E-state index contributed by atoms with van der Waals surface area (Å²) in [4.78, 5) is 24.3. The van der Waals surface area contributed by atoms with Crippen molar-refractivity contribution < 1.29 is 132 Å².